The van der Waals surface area contributed by atoms with Crippen LogP contribution in [0.2, 0.25) is 0 Å². The topological polar surface area (TPSA) is 112 Å². The van der Waals surface area contributed by atoms with Crippen LogP contribution in [-0.2, 0) is 11.3 Å². The molecule has 0 unspecified atom stereocenters. The fourth-order valence-electron chi connectivity index (χ4n) is 2.65. The number of hydrogen-bond donors (Lipinski definition) is 2. The van der Waals surface area contributed by atoms with Crippen molar-refractivity contribution >= 4 is 28.6 Å². The Balaban J connectivity index is 1.73. The van der Waals surface area contributed by atoms with Crippen molar-refractivity contribution in [2.45, 2.75) is 30.8 Å². The minimum absolute atomic E-state index is 0.167. The van der Waals surface area contributed by atoms with Crippen molar-refractivity contribution in [3.05, 3.63) is 62.6 Å². The molecule has 0 saturated heterocycles. The van der Waals surface area contributed by atoms with Crippen LogP contribution < -0.4 is 11.1 Å². The van der Waals surface area contributed by atoms with Crippen molar-refractivity contribution in [3.63, 3.8) is 0 Å². The number of nitrogens with one attached hydrogen (secondary N) is 2. The molecule has 1 atom stereocenters. The summed E-state index contributed by atoms with van der Waals surface area (Å²) in [5.74, 6) is 0.244. The Hall–Kier alpha value is -2.94. The summed E-state index contributed by atoms with van der Waals surface area (Å²) in [6.45, 7) is 3.63. The number of thioether (sulfide) groups is 1. The van der Waals surface area contributed by atoms with E-state index >= 15 is 0 Å². The fraction of sp³-hybridized carbons (Fsp3) is 0.278. The Morgan fingerprint density at radius 2 is 1.96 bits per heavy atom. The summed E-state index contributed by atoms with van der Waals surface area (Å²) in [7, 11) is 1.64. The summed E-state index contributed by atoms with van der Waals surface area (Å²) >= 11 is 1.17. The van der Waals surface area contributed by atoms with Gasteiger partial charge in [0.1, 0.15) is 5.82 Å². The zero-order valence-corrected chi connectivity index (χ0v) is 16.0. The molecule has 3 rings (SSSR count). The van der Waals surface area contributed by atoms with Gasteiger partial charge in [0, 0.05) is 18.8 Å². The smallest absolute Gasteiger partial charge is 0.258 e. The van der Waals surface area contributed by atoms with E-state index < -0.39 is 5.25 Å². The summed E-state index contributed by atoms with van der Waals surface area (Å²) in [6, 6.07) is 8.44. The number of aryl methyl sites for hydroxylation is 1. The molecule has 1 amide bonds. The number of H-pyrrole nitrogens is 2. The number of aromatic nitrogens is 4. The van der Waals surface area contributed by atoms with E-state index in [4.69, 9.17) is 0 Å². The van der Waals surface area contributed by atoms with E-state index in [1.54, 1.807) is 39.1 Å². The second-order valence-corrected chi connectivity index (χ2v) is 7.51. The van der Waals surface area contributed by atoms with Crippen molar-refractivity contribution in [2.75, 3.05) is 7.05 Å². The number of nitrogens with zero attached hydrogens (tertiary/aromatic N) is 3. The van der Waals surface area contributed by atoms with Gasteiger partial charge in [-0.15, -0.1) is 0 Å². The van der Waals surface area contributed by atoms with Gasteiger partial charge in [-0.1, -0.05) is 23.9 Å². The Labute approximate surface area is 159 Å². The van der Waals surface area contributed by atoms with Crippen molar-refractivity contribution < 1.29 is 4.79 Å². The number of aromatic amines is 2. The van der Waals surface area contributed by atoms with Crippen LogP contribution in [0.25, 0.3) is 10.9 Å². The lowest BCUT2D eigenvalue weighted by Gasteiger charge is -2.20. The maximum Gasteiger partial charge on any atom is 0.258 e. The van der Waals surface area contributed by atoms with Crippen molar-refractivity contribution in [1.29, 1.82) is 0 Å². The van der Waals surface area contributed by atoms with Crippen molar-refractivity contribution in [1.82, 2.24) is 24.8 Å². The predicted molar refractivity (Wildman–Crippen MR) is 104 cm³/mol. The van der Waals surface area contributed by atoms with E-state index in [1.807, 2.05) is 6.07 Å². The van der Waals surface area contributed by atoms with E-state index in [9.17, 15) is 14.4 Å². The standard InChI is InChI=1S/C18H19N5O3S/c1-10-8-15(24)22-18(19-10)27-11(2)17(26)23(3)9-14-20-13-7-5-4-6-12(13)16(25)21-14/h4-8,11H,9H2,1-3H3,(H,19,22,24)(H,20,21,25)/t11-/m1/s1. The van der Waals surface area contributed by atoms with Gasteiger partial charge >= 0.3 is 0 Å². The summed E-state index contributed by atoms with van der Waals surface area (Å²) in [5, 5.41) is 0.437. The van der Waals surface area contributed by atoms with Crippen LogP contribution in [-0.4, -0.2) is 43.0 Å². The second kappa shape index (κ2) is 7.75. The third-order valence-electron chi connectivity index (χ3n) is 3.91. The number of hydrogen-bond acceptors (Lipinski definition) is 6. The Morgan fingerprint density at radius 3 is 2.70 bits per heavy atom. The van der Waals surface area contributed by atoms with Gasteiger partial charge < -0.3 is 14.9 Å². The normalized spacial score (nSPS) is 12.1. The minimum atomic E-state index is -0.466. The van der Waals surface area contributed by atoms with Gasteiger partial charge in [0.15, 0.2) is 5.16 Å². The fourth-order valence-corrected chi connectivity index (χ4v) is 3.62. The van der Waals surface area contributed by atoms with E-state index in [0.717, 1.165) is 0 Å². The highest BCUT2D eigenvalue weighted by atomic mass is 32.2. The summed E-state index contributed by atoms with van der Waals surface area (Å²) in [6.07, 6.45) is 0. The maximum absolute atomic E-state index is 12.6. The molecule has 2 N–H and O–H groups in total. The molecule has 0 saturated carbocycles. The molecule has 0 radical (unpaired) electrons. The molecule has 3 aromatic rings. The third kappa shape index (κ3) is 4.43. The number of carbonyl (C=O) groups excluding carboxylic acids is 1. The van der Waals surface area contributed by atoms with Crippen molar-refractivity contribution in [3.8, 4) is 0 Å². The first kappa shape index (κ1) is 18.8. The molecule has 2 aromatic heterocycles. The maximum atomic E-state index is 12.6. The van der Waals surface area contributed by atoms with Gasteiger partial charge in [-0.05, 0) is 26.0 Å². The van der Waals surface area contributed by atoms with Crippen LogP contribution in [0.1, 0.15) is 18.4 Å². The minimum Gasteiger partial charge on any atom is -0.337 e. The van der Waals surface area contributed by atoms with Crippen LogP contribution in [0.15, 0.2) is 45.1 Å². The third-order valence-corrected chi connectivity index (χ3v) is 4.88. The van der Waals surface area contributed by atoms with Crippen molar-refractivity contribution in [2.24, 2.45) is 0 Å². The largest absolute Gasteiger partial charge is 0.337 e. The highest BCUT2D eigenvalue weighted by Crippen LogP contribution is 2.20. The van der Waals surface area contributed by atoms with E-state index in [-0.39, 0.29) is 23.6 Å². The lowest BCUT2D eigenvalue weighted by molar-refractivity contribution is -0.129. The first-order valence-electron chi connectivity index (χ1n) is 8.31. The number of benzene rings is 1. The molecule has 140 valence electrons. The molecule has 1 aromatic carbocycles. The van der Waals surface area contributed by atoms with Gasteiger partial charge in [0.2, 0.25) is 5.91 Å². The molecule has 0 fully saturated rings. The number of carbonyl (C=O) groups is 1. The number of rotatable bonds is 5. The number of amides is 1. The SMILES string of the molecule is Cc1cc(=O)[nH]c(S[C@H](C)C(=O)N(C)Cc2nc3ccccc3c(=O)[nH]2)n1. The second-order valence-electron chi connectivity index (χ2n) is 6.18. The van der Waals surface area contributed by atoms with Gasteiger partial charge in [0.25, 0.3) is 11.1 Å². The van der Waals surface area contributed by atoms with Crippen LogP contribution in [0, 0.1) is 6.92 Å². The Bertz CT molecular complexity index is 1110. The number of fused-ring (bicyclic) bond motifs is 1. The van der Waals surface area contributed by atoms with E-state index in [2.05, 4.69) is 19.9 Å². The van der Waals surface area contributed by atoms with Gasteiger partial charge in [0.05, 0.1) is 22.7 Å². The highest BCUT2D eigenvalue weighted by molar-refractivity contribution is 8.00. The van der Waals surface area contributed by atoms with E-state index in [1.165, 1.54) is 22.7 Å². The molecular formula is C18H19N5O3S. The summed E-state index contributed by atoms with van der Waals surface area (Å²) in [4.78, 5) is 51.8. The zero-order valence-electron chi connectivity index (χ0n) is 15.1. The molecule has 0 spiro atoms. The average molecular weight is 385 g/mol. The quantitative estimate of drug-likeness (QED) is 0.508. The van der Waals surface area contributed by atoms with Gasteiger partial charge in [-0.2, -0.15) is 0 Å². The Kier molecular flexibility index (Phi) is 5.41. The summed E-state index contributed by atoms with van der Waals surface area (Å²) in [5.41, 5.74) is 0.685. The van der Waals surface area contributed by atoms with E-state index in [0.29, 0.717) is 27.6 Å². The van der Waals surface area contributed by atoms with Crippen LogP contribution in [0.3, 0.4) is 0 Å². The van der Waals surface area contributed by atoms with Crippen LogP contribution >= 0.6 is 11.8 Å². The lowest BCUT2D eigenvalue weighted by Crippen LogP contribution is -2.34. The average Bonchev–Trinajstić information content (AvgIpc) is 2.60. The molecule has 0 aliphatic rings. The first-order valence-corrected chi connectivity index (χ1v) is 9.19. The van der Waals surface area contributed by atoms with Crippen LogP contribution in [0.5, 0.6) is 0 Å². The molecule has 0 aliphatic carbocycles. The molecule has 9 heteroatoms. The monoisotopic (exact) mass is 385 g/mol. The Morgan fingerprint density at radius 1 is 1.22 bits per heavy atom. The van der Waals surface area contributed by atoms with Gasteiger partial charge in [-0.3, -0.25) is 14.4 Å². The first-order chi connectivity index (χ1) is 12.8. The molecule has 2 heterocycles. The summed E-state index contributed by atoms with van der Waals surface area (Å²) < 4.78 is 0. The molecule has 27 heavy (non-hydrogen) atoms. The van der Waals surface area contributed by atoms with Gasteiger partial charge in [-0.25, -0.2) is 9.97 Å². The highest BCUT2D eigenvalue weighted by Gasteiger charge is 2.21. The van der Waals surface area contributed by atoms with Crippen LogP contribution in [0.4, 0.5) is 0 Å². The molecule has 0 bridgehead atoms. The lowest BCUT2D eigenvalue weighted by atomic mass is 10.2. The zero-order chi connectivity index (χ0) is 19.6. The molecule has 8 nitrogen and oxygen atoms in total. The number of para-hydroxylation sites is 1. The predicted octanol–water partition coefficient (Wildman–Crippen LogP) is 1.45. The molecule has 0 aliphatic heterocycles. The molecular weight excluding hydrogens is 366 g/mol.